The van der Waals surface area contributed by atoms with Gasteiger partial charge in [-0.1, -0.05) is 6.92 Å². The minimum atomic E-state index is -1.23. The second-order valence-electron chi connectivity index (χ2n) is 3.69. The number of aliphatic hydroxyl groups excluding tert-OH is 2. The molecule has 0 saturated carbocycles. The maximum atomic E-state index is 9.65. The van der Waals surface area contributed by atoms with Crippen molar-refractivity contribution in [3.05, 3.63) is 0 Å². The molecule has 0 aliphatic carbocycles. The van der Waals surface area contributed by atoms with Crippen LogP contribution in [0.15, 0.2) is 0 Å². The zero-order valence-electron chi connectivity index (χ0n) is 9.15. The number of nitrogens with zero attached hydrogens (tertiary/aromatic N) is 1. The van der Waals surface area contributed by atoms with Crippen molar-refractivity contribution in [2.24, 2.45) is 0 Å². The minimum Gasteiger partial charge on any atom is -0.378 e. The van der Waals surface area contributed by atoms with E-state index in [0.717, 1.165) is 0 Å². The molecular weight excluding hydrogens is 186 g/mol. The van der Waals surface area contributed by atoms with Gasteiger partial charge in [-0.3, -0.25) is 0 Å². The minimum absolute atomic E-state index is 0.494. The average Bonchev–Trinajstić information content (AvgIpc) is 2.00. The summed E-state index contributed by atoms with van der Waals surface area (Å²) >= 11 is 0. The van der Waals surface area contributed by atoms with Gasteiger partial charge in [-0.2, -0.15) is 0 Å². The van der Waals surface area contributed by atoms with E-state index in [-0.39, 0.29) is 0 Å². The fourth-order valence-corrected chi connectivity index (χ4v) is 0.780. The molecule has 0 aromatic rings. The fraction of sp³-hybridized carbons (Fsp3) is 1.00. The summed E-state index contributed by atoms with van der Waals surface area (Å²) in [5.74, 6) is 0. The SMILES string of the molecule is CCC(O)NN(NC(C)O)C(C)(C)O. The van der Waals surface area contributed by atoms with Crippen molar-refractivity contribution in [3.63, 3.8) is 0 Å². The maximum absolute atomic E-state index is 9.65. The Morgan fingerprint density at radius 1 is 1.29 bits per heavy atom. The zero-order valence-corrected chi connectivity index (χ0v) is 9.15. The third kappa shape index (κ3) is 5.48. The molecule has 0 aromatic carbocycles. The normalized spacial score (nSPS) is 17.1. The van der Waals surface area contributed by atoms with Crippen molar-refractivity contribution >= 4 is 0 Å². The van der Waals surface area contributed by atoms with E-state index in [1.165, 1.54) is 25.9 Å². The van der Waals surface area contributed by atoms with Crippen LogP contribution in [0.1, 0.15) is 34.1 Å². The van der Waals surface area contributed by atoms with E-state index in [2.05, 4.69) is 10.9 Å². The second-order valence-corrected chi connectivity index (χ2v) is 3.69. The van der Waals surface area contributed by atoms with Crippen molar-refractivity contribution in [2.45, 2.75) is 52.3 Å². The summed E-state index contributed by atoms with van der Waals surface area (Å²) in [6.07, 6.45) is -1.10. The summed E-state index contributed by atoms with van der Waals surface area (Å²) < 4.78 is 0. The van der Waals surface area contributed by atoms with Crippen LogP contribution in [0.5, 0.6) is 0 Å². The smallest absolute Gasteiger partial charge is 0.139 e. The highest BCUT2D eigenvalue weighted by atomic mass is 16.4. The summed E-state index contributed by atoms with van der Waals surface area (Å²) in [5.41, 5.74) is 3.93. The first-order valence-electron chi connectivity index (χ1n) is 4.68. The quantitative estimate of drug-likeness (QED) is 0.286. The lowest BCUT2D eigenvalue weighted by molar-refractivity contribution is -0.184. The van der Waals surface area contributed by atoms with Crippen molar-refractivity contribution < 1.29 is 15.3 Å². The van der Waals surface area contributed by atoms with Crippen LogP contribution in [-0.4, -0.2) is 38.6 Å². The molecule has 0 saturated heterocycles. The van der Waals surface area contributed by atoms with Crippen LogP contribution >= 0.6 is 0 Å². The average molecular weight is 207 g/mol. The molecule has 14 heavy (non-hydrogen) atoms. The van der Waals surface area contributed by atoms with Crippen LogP contribution in [0, 0.1) is 0 Å². The molecule has 0 bridgehead atoms. The lowest BCUT2D eigenvalue weighted by Gasteiger charge is -2.36. The van der Waals surface area contributed by atoms with Gasteiger partial charge in [0.05, 0.1) is 0 Å². The Kier molecular flexibility index (Phi) is 5.50. The van der Waals surface area contributed by atoms with Crippen LogP contribution in [0.4, 0.5) is 0 Å². The Bertz CT molecular complexity index is 158. The van der Waals surface area contributed by atoms with Gasteiger partial charge in [0.15, 0.2) is 0 Å². The predicted octanol–water partition coefficient (Wildman–Crippen LogP) is -0.907. The molecule has 0 aromatic heterocycles. The molecule has 6 heteroatoms. The Labute approximate surface area is 84.5 Å². The van der Waals surface area contributed by atoms with Gasteiger partial charge >= 0.3 is 0 Å². The number of aliphatic hydroxyl groups is 3. The molecule has 6 nitrogen and oxygen atoms in total. The van der Waals surface area contributed by atoms with E-state index in [4.69, 9.17) is 5.11 Å². The highest BCUT2D eigenvalue weighted by Gasteiger charge is 2.25. The van der Waals surface area contributed by atoms with E-state index >= 15 is 0 Å². The maximum Gasteiger partial charge on any atom is 0.139 e. The molecule has 86 valence electrons. The Morgan fingerprint density at radius 2 is 1.79 bits per heavy atom. The Morgan fingerprint density at radius 3 is 2.07 bits per heavy atom. The summed E-state index contributed by atoms with van der Waals surface area (Å²) in [6.45, 7) is 6.36. The van der Waals surface area contributed by atoms with Gasteiger partial charge in [0.1, 0.15) is 18.2 Å². The summed E-state index contributed by atoms with van der Waals surface area (Å²) in [4.78, 5) is 0. The molecule has 0 fully saturated rings. The number of hydrogen-bond acceptors (Lipinski definition) is 6. The number of rotatable bonds is 6. The highest BCUT2D eigenvalue weighted by molar-refractivity contribution is 4.63. The first-order valence-corrected chi connectivity index (χ1v) is 4.68. The zero-order chi connectivity index (χ0) is 11.4. The van der Waals surface area contributed by atoms with Crippen LogP contribution in [0.3, 0.4) is 0 Å². The van der Waals surface area contributed by atoms with E-state index < -0.39 is 18.2 Å². The van der Waals surface area contributed by atoms with E-state index in [9.17, 15) is 10.2 Å². The van der Waals surface area contributed by atoms with Crippen molar-refractivity contribution in [1.82, 2.24) is 16.0 Å². The molecule has 0 heterocycles. The fourth-order valence-electron chi connectivity index (χ4n) is 0.780. The molecule has 5 N–H and O–H groups in total. The largest absolute Gasteiger partial charge is 0.378 e. The van der Waals surface area contributed by atoms with Gasteiger partial charge in [0.25, 0.3) is 0 Å². The summed E-state index contributed by atoms with van der Waals surface area (Å²) in [5, 5.41) is 29.2. The molecule has 0 rings (SSSR count). The first-order chi connectivity index (χ1) is 6.27. The molecule has 0 aliphatic heterocycles. The van der Waals surface area contributed by atoms with E-state index in [1.807, 2.05) is 0 Å². The lowest BCUT2D eigenvalue weighted by Crippen LogP contribution is -2.63. The van der Waals surface area contributed by atoms with Gasteiger partial charge in [0, 0.05) is 0 Å². The predicted molar refractivity (Wildman–Crippen MR) is 52.4 cm³/mol. The number of hydrazine groups is 2. The van der Waals surface area contributed by atoms with Crippen LogP contribution in [0.25, 0.3) is 0 Å². The molecule has 0 radical (unpaired) electrons. The summed E-state index contributed by atoms with van der Waals surface area (Å²) in [6, 6.07) is 0. The van der Waals surface area contributed by atoms with Crippen LogP contribution < -0.4 is 10.9 Å². The van der Waals surface area contributed by atoms with Crippen LogP contribution in [-0.2, 0) is 0 Å². The van der Waals surface area contributed by atoms with Crippen molar-refractivity contribution in [1.29, 1.82) is 0 Å². The first kappa shape index (κ1) is 13.8. The van der Waals surface area contributed by atoms with Gasteiger partial charge in [-0.25, -0.2) is 10.9 Å². The molecular formula is C8H21N3O3. The van der Waals surface area contributed by atoms with Gasteiger partial charge in [0.2, 0.25) is 0 Å². The van der Waals surface area contributed by atoms with Gasteiger partial charge < -0.3 is 15.3 Å². The summed E-state index contributed by atoms with van der Waals surface area (Å²) in [7, 11) is 0. The standard InChI is InChI=1S/C8H21N3O3/c1-5-7(13)10-11(8(3,4)14)9-6(2)12/h6-7,9-10,12-14H,5H2,1-4H3. The van der Waals surface area contributed by atoms with E-state index in [0.29, 0.717) is 6.42 Å². The molecule has 0 amide bonds. The number of hydrogen-bond donors (Lipinski definition) is 5. The van der Waals surface area contributed by atoms with Crippen molar-refractivity contribution in [2.75, 3.05) is 0 Å². The van der Waals surface area contributed by atoms with Gasteiger partial charge in [-0.15, -0.1) is 5.12 Å². The highest BCUT2D eigenvalue weighted by Crippen LogP contribution is 2.05. The van der Waals surface area contributed by atoms with Gasteiger partial charge in [-0.05, 0) is 27.2 Å². The second kappa shape index (κ2) is 5.59. The molecule has 0 aliphatic rings. The molecule has 2 atom stereocenters. The topological polar surface area (TPSA) is 88.0 Å². The Balaban J connectivity index is 4.26. The number of nitrogens with one attached hydrogen (secondary N) is 2. The van der Waals surface area contributed by atoms with E-state index in [1.54, 1.807) is 6.92 Å². The van der Waals surface area contributed by atoms with Crippen LogP contribution in [0.2, 0.25) is 0 Å². The lowest BCUT2D eigenvalue weighted by atomic mass is 10.3. The third-order valence-corrected chi connectivity index (χ3v) is 1.53. The van der Waals surface area contributed by atoms with Crippen molar-refractivity contribution in [3.8, 4) is 0 Å². The Hall–Kier alpha value is -0.240. The molecule has 0 spiro atoms. The monoisotopic (exact) mass is 207 g/mol. The molecule has 2 unspecified atom stereocenters. The third-order valence-electron chi connectivity index (χ3n) is 1.53.